The standard InChI is InChI=1S/C14H24N2O/c15-13-7-6-12(10-13)14(17)16-9-8-11-4-2-1-3-5-11/h4,12-13H,1-3,5-10,15H2,(H,16,17). The molecule has 0 heterocycles. The third kappa shape index (κ3) is 3.84. The summed E-state index contributed by atoms with van der Waals surface area (Å²) in [6, 6.07) is 0.242. The van der Waals surface area contributed by atoms with Crippen LogP contribution >= 0.6 is 0 Å². The van der Waals surface area contributed by atoms with Gasteiger partial charge >= 0.3 is 0 Å². The van der Waals surface area contributed by atoms with Crippen molar-refractivity contribution in [3.8, 4) is 0 Å². The molecule has 2 aliphatic carbocycles. The average Bonchev–Trinajstić information content (AvgIpc) is 2.77. The largest absolute Gasteiger partial charge is 0.356 e. The Labute approximate surface area is 104 Å². The Morgan fingerprint density at radius 3 is 2.94 bits per heavy atom. The highest BCUT2D eigenvalue weighted by atomic mass is 16.1. The van der Waals surface area contributed by atoms with E-state index in [9.17, 15) is 4.79 Å². The highest BCUT2D eigenvalue weighted by molar-refractivity contribution is 5.78. The molecule has 3 heteroatoms. The van der Waals surface area contributed by atoms with Crippen molar-refractivity contribution >= 4 is 5.91 Å². The van der Waals surface area contributed by atoms with E-state index in [2.05, 4.69) is 11.4 Å². The fraction of sp³-hybridized carbons (Fsp3) is 0.786. The lowest BCUT2D eigenvalue weighted by Crippen LogP contribution is -2.31. The topological polar surface area (TPSA) is 55.1 Å². The van der Waals surface area contributed by atoms with Crippen molar-refractivity contribution in [3.05, 3.63) is 11.6 Å². The first-order valence-corrected chi connectivity index (χ1v) is 6.97. The Balaban J connectivity index is 1.64. The molecule has 0 aliphatic heterocycles. The Bertz CT molecular complexity index is 299. The van der Waals surface area contributed by atoms with Gasteiger partial charge in [0.2, 0.25) is 5.91 Å². The lowest BCUT2D eigenvalue weighted by atomic mass is 9.97. The van der Waals surface area contributed by atoms with Crippen molar-refractivity contribution in [3.63, 3.8) is 0 Å². The molecule has 2 rings (SSSR count). The van der Waals surface area contributed by atoms with Crippen LogP contribution in [0.1, 0.15) is 51.4 Å². The summed E-state index contributed by atoms with van der Waals surface area (Å²) in [5, 5.41) is 3.06. The number of nitrogens with two attached hydrogens (primary N) is 1. The Morgan fingerprint density at radius 1 is 1.41 bits per heavy atom. The molecule has 1 saturated carbocycles. The summed E-state index contributed by atoms with van der Waals surface area (Å²) in [6.45, 7) is 0.802. The molecule has 1 fully saturated rings. The van der Waals surface area contributed by atoms with Gasteiger partial charge in [-0.05, 0) is 51.4 Å². The molecule has 3 N–H and O–H groups in total. The van der Waals surface area contributed by atoms with Gasteiger partial charge in [0.05, 0.1) is 0 Å². The zero-order valence-electron chi connectivity index (χ0n) is 10.6. The molecule has 0 saturated heterocycles. The molecular weight excluding hydrogens is 212 g/mol. The molecule has 2 unspecified atom stereocenters. The molecule has 17 heavy (non-hydrogen) atoms. The number of nitrogens with one attached hydrogen (secondary N) is 1. The summed E-state index contributed by atoms with van der Waals surface area (Å²) < 4.78 is 0. The molecule has 0 aromatic rings. The van der Waals surface area contributed by atoms with E-state index in [0.29, 0.717) is 0 Å². The van der Waals surface area contributed by atoms with Crippen LogP contribution in [0.15, 0.2) is 11.6 Å². The summed E-state index contributed by atoms with van der Waals surface area (Å²) >= 11 is 0. The van der Waals surface area contributed by atoms with Gasteiger partial charge in [-0.1, -0.05) is 11.6 Å². The minimum atomic E-state index is 0.172. The summed E-state index contributed by atoms with van der Waals surface area (Å²) in [6.07, 6.45) is 11.3. The van der Waals surface area contributed by atoms with E-state index in [1.165, 1.54) is 31.3 Å². The van der Waals surface area contributed by atoms with Gasteiger partial charge in [0, 0.05) is 18.5 Å². The predicted molar refractivity (Wildman–Crippen MR) is 69.5 cm³/mol. The molecule has 0 aromatic heterocycles. The number of allylic oxidation sites excluding steroid dienone is 1. The third-order valence-corrected chi connectivity index (χ3v) is 3.97. The third-order valence-electron chi connectivity index (χ3n) is 3.97. The van der Waals surface area contributed by atoms with E-state index in [0.717, 1.165) is 32.2 Å². The normalized spacial score (nSPS) is 28.9. The van der Waals surface area contributed by atoms with Crippen molar-refractivity contribution in [1.82, 2.24) is 5.32 Å². The van der Waals surface area contributed by atoms with Crippen LogP contribution in [0.2, 0.25) is 0 Å². The molecule has 3 nitrogen and oxygen atoms in total. The predicted octanol–water partition coefficient (Wildman–Crippen LogP) is 2.12. The molecule has 0 radical (unpaired) electrons. The molecule has 0 bridgehead atoms. The Morgan fingerprint density at radius 2 is 2.29 bits per heavy atom. The second kappa shape index (κ2) is 6.20. The van der Waals surface area contributed by atoms with Crippen LogP contribution in [0.4, 0.5) is 0 Å². The monoisotopic (exact) mass is 236 g/mol. The van der Waals surface area contributed by atoms with Gasteiger partial charge in [0.25, 0.3) is 0 Å². The first kappa shape index (κ1) is 12.6. The van der Waals surface area contributed by atoms with Gasteiger partial charge < -0.3 is 11.1 Å². The van der Waals surface area contributed by atoms with Crippen LogP contribution in [0.5, 0.6) is 0 Å². The number of hydrogen-bond acceptors (Lipinski definition) is 2. The SMILES string of the molecule is NC1CCC(C(=O)NCCC2=CCCCC2)C1. The average molecular weight is 236 g/mol. The van der Waals surface area contributed by atoms with E-state index in [4.69, 9.17) is 5.73 Å². The van der Waals surface area contributed by atoms with Crippen LogP contribution in [0.25, 0.3) is 0 Å². The van der Waals surface area contributed by atoms with Crippen molar-refractivity contribution < 1.29 is 4.79 Å². The summed E-state index contributed by atoms with van der Waals surface area (Å²) in [7, 11) is 0. The molecule has 1 amide bonds. The number of carbonyl (C=O) groups is 1. The number of carbonyl (C=O) groups excluding carboxylic acids is 1. The number of amides is 1. The van der Waals surface area contributed by atoms with Gasteiger partial charge in [-0.2, -0.15) is 0 Å². The summed E-state index contributed by atoms with van der Waals surface area (Å²) in [5.74, 6) is 0.389. The minimum Gasteiger partial charge on any atom is -0.356 e. The Hall–Kier alpha value is -0.830. The van der Waals surface area contributed by atoms with E-state index in [1.54, 1.807) is 0 Å². The highest BCUT2D eigenvalue weighted by Crippen LogP contribution is 2.24. The maximum absolute atomic E-state index is 11.8. The summed E-state index contributed by atoms with van der Waals surface area (Å²) in [5.41, 5.74) is 7.35. The van der Waals surface area contributed by atoms with Crippen molar-refractivity contribution in [2.75, 3.05) is 6.54 Å². The first-order chi connectivity index (χ1) is 8.25. The highest BCUT2D eigenvalue weighted by Gasteiger charge is 2.27. The molecular formula is C14H24N2O. The second-order valence-corrected chi connectivity index (χ2v) is 5.42. The minimum absolute atomic E-state index is 0.172. The van der Waals surface area contributed by atoms with Gasteiger partial charge in [-0.25, -0.2) is 0 Å². The summed E-state index contributed by atoms with van der Waals surface area (Å²) in [4.78, 5) is 11.8. The lowest BCUT2D eigenvalue weighted by molar-refractivity contribution is -0.124. The lowest BCUT2D eigenvalue weighted by Gasteiger charge is -2.14. The zero-order chi connectivity index (χ0) is 12.1. The van der Waals surface area contributed by atoms with Crippen LogP contribution in [0.3, 0.4) is 0 Å². The van der Waals surface area contributed by atoms with Crippen molar-refractivity contribution in [1.29, 1.82) is 0 Å². The van der Waals surface area contributed by atoms with Crippen LogP contribution in [-0.4, -0.2) is 18.5 Å². The maximum atomic E-state index is 11.8. The molecule has 0 aromatic carbocycles. The van der Waals surface area contributed by atoms with E-state index >= 15 is 0 Å². The van der Waals surface area contributed by atoms with Crippen molar-refractivity contribution in [2.24, 2.45) is 11.7 Å². The molecule has 0 spiro atoms. The smallest absolute Gasteiger partial charge is 0.223 e. The molecule has 2 aliphatic rings. The van der Waals surface area contributed by atoms with Crippen LogP contribution < -0.4 is 11.1 Å². The quantitative estimate of drug-likeness (QED) is 0.735. The van der Waals surface area contributed by atoms with Gasteiger partial charge in [0.15, 0.2) is 0 Å². The van der Waals surface area contributed by atoms with Gasteiger partial charge in [-0.3, -0.25) is 4.79 Å². The van der Waals surface area contributed by atoms with Gasteiger partial charge in [-0.15, -0.1) is 0 Å². The Kier molecular flexibility index (Phi) is 4.60. The molecule has 2 atom stereocenters. The van der Waals surface area contributed by atoms with Crippen LogP contribution in [-0.2, 0) is 4.79 Å². The number of hydrogen-bond donors (Lipinski definition) is 2. The molecule has 96 valence electrons. The maximum Gasteiger partial charge on any atom is 0.223 e. The van der Waals surface area contributed by atoms with Crippen LogP contribution in [0, 0.1) is 5.92 Å². The van der Waals surface area contributed by atoms with E-state index in [1.807, 2.05) is 0 Å². The van der Waals surface area contributed by atoms with E-state index in [-0.39, 0.29) is 17.9 Å². The number of rotatable bonds is 4. The first-order valence-electron chi connectivity index (χ1n) is 6.97. The zero-order valence-corrected chi connectivity index (χ0v) is 10.6. The van der Waals surface area contributed by atoms with E-state index < -0.39 is 0 Å². The fourth-order valence-electron chi connectivity index (χ4n) is 2.88. The fourth-order valence-corrected chi connectivity index (χ4v) is 2.88. The second-order valence-electron chi connectivity index (χ2n) is 5.42. The van der Waals surface area contributed by atoms with Crippen molar-refractivity contribution in [2.45, 2.75) is 57.4 Å². The van der Waals surface area contributed by atoms with Gasteiger partial charge in [0.1, 0.15) is 0 Å².